The molecule has 74 valence electrons. The van der Waals surface area contributed by atoms with Crippen LogP contribution < -0.4 is 0 Å². The van der Waals surface area contributed by atoms with Crippen LogP contribution in [0.1, 0.15) is 11.9 Å². The molecule has 1 spiro atoms. The van der Waals surface area contributed by atoms with Crippen molar-refractivity contribution in [2.45, 2.75) is 11.9 Å². The number of hydrogen-bond acceptors (Lipinski definition) is 3. The van der Waals surface area contributed by atoms with Gasteiger partial charge in [-0.05, 0) is 0 Å². The maximum Gasteiger partial charge on any atom is 0.184 e. The molecular formula is C11H12O3. The third kappa shape index (κ3) is 1.43. The van der Waals surface area contributed by atoms with E-state index in [1.165, 1.54) is 0 Å². The topological polar surface area (TPSA) is 31.0 Å². The lowest BCUT2D eigenvalue weighted by Crippen LogP contribution is -2.34. The van der Waals surface area contributed by atoms with Gasteiger partial charge in [0, 0.05) is 5.56 Å². The Balaban J connectivity index is 1.70. The van der Waals surface area contributed by atoms with Crippen molar-refractivity contribution in [3.05, 3.63) is 35.9 Å². The van der Waals surface area contributed by atoms with Gasteiger partial charge in [-0.3, -0.25) is 0 Å². The lowest BCUT2D eigenvalue weighted by Gasteiger charge is -2.27. The highest BCUT2D eigenvalue weighted by molar-refractivity contribution is 5.16. The Hall–Kier alpha value is -0.900. The lowest BCUT2D eigenvalue weighted by atomic mass is 10.1. The molecule has 0 aromatic heterocycles. The van der Waals surface area contributed by atoms with E-state index in [4.69, 9.17) is 14.2 Å². The second kappa shape index (κ2) is 3.05. The molecule has 3 heteroatoms. The fourth-order valence-electron chi connectivity index (χ4n) is 1.62. The van der Waals surface area contributed by atoms with Gasteiger partial charge in [0.15, 0.2) is 6.29 Å². The largest absolute Gasteiger partial charge is 0.365 e. The Kier molecular flexibility index (Phi) is 1.83. The van der Waals surface area contributed by atoms with Gasteiger partial charge in [0.05, 0.1) is 19.8 Å². The minimum Gasteiger partial charge on any atom is -0.365 e. The standard InChI is InChI=1S/C11H12O3/c1-2-4-9(5-3-1)10-12-6-11(7-13-10)8-14-11/h1-5,10H,6-8H2. The Morgan fingerprint density at radius 1 is 1.00 bits per heavy atom. The molecule has 2 saturated heterocycles. The zero-order chi connectivity index (χ0) is 9.43. The highest BCUT2D eigenvalue weighted by Crippen LogP contribution is 2.36. The summed E-state index contributed by atoms with van der Waals surface area (Å²) in [5.74, 6) is 0. The minimum absolute atomic E-state index is 0.106. The van der Waals surface area contributed by atoms with Crippen LogP contribution in [0.25, 0.3) is 0 Å². The van der Waals surface area contributed by atoms with Crippen LogP contribution in [0.4, 0.5) is 0 Å². The molecule has 0 unspecified atom stereocenters. The van der Waals surface area contributed by atoms with Crippen LogP contribution in [-0.2, 0) is 14.2 Å². The van der Waals surface area contributed by atoms with Crippen LogP contribution in [0.15, 0.2) is 30.3 Å². The van der Waals surface area contributed by atoms with Gasteiger partial charge in [-0.15, -0.1) is 0 Å². The number of hydrogen-bond donors (Lipinski definition) is 0. The van der Waals surface area contributed by atoms with Crippen LogP contribution in [0.2, 0.25) is 0 Å². The zero-order valence-corrected chi connectivity index (χ0v) is 7.81. The molecule has 2 aliphatic rings. The summed E-state index contributed by atoms with van der Waals surface area (Å²) in [4.78, 5) is 0. The summed E-state index contributed by atoms with van der Waals surface area (Å²) >= 11 is 0. The van der Waals surface area contributed by atoms with Gasteiger partial charge in [-0.25, -0.2) is 0 Å². The molecule has 0 saturated carbocycles. The first-order valence-corrected chi connectivity index (χ1v) is 4.80. The Bertz CT molecular complexity index is 309. The molecule has 0 bridgehead atoms. The van der Waals surface area contributed by atoms with E-state index >= 15 is 0 Å². The Labute approximate surface area is 82.6 Å². The maximum absolute atomic E-state index is 5.59. The maximum atomic E-state index is 5.59. The predicted octanol–water partition coefficient (Wildman–Crippen LogP) is 1.50. The molecule has 0 radical (unpaired) electrons. The van der Waals surface area contributed by atoms with Crippen molar-refractivity contribution in [2.24, 2.45) is 0 Å². The van der Waals surface area contributed by atoms with Crippen molar-refractivity contribution in [3.8, 4) is 0 Å². The Morgan fingerprint density at radius 2 is 1.64 bits per heavy atom. The molecule has 2 fully saturated rings. The monoisotopic (exact) mass is 192 g/mol. The first-order valence-electron chi connectivity index (χ1n) is 4.80. The molecule has 1 aromatic rings. The summed E-state index contributed by atoms with van der Waals surface area (Å²) < 4.78 is 16.5. The second-order valence-electron chi connectivity index (χ2n) is 3.84. The van der Waals surface area contributed by atoms with Crippen molar-refractivity contribution >= 4 is 0 Å². The van der Waals surface area contributed by atoms with Gasteiger partial charge < -0.3 is 14.2 Å². The summed E-state index contributed by atoms with van der Waals surface area (Å²) in [6.07, 6.45) is -0.217. The fraction of sp³-hybridized carbons (Fsp3) is 0.455. The van der Waals surface area contributed by atoms with E-state index in [9.17, 15) is 0 Å². The Morgan fingerprint density at radius 3 is 2.21 bits per heavy atom. The fourth-order valence-corrected chi connectivity index (χ4v) is 1.62. The van der Waals surface area contributed by atoms with Crippen LogP contribution in [0.3, 0.4) is 0 Å². The van der Waals surface area contributed by atoms with Crippen LogP contribution in [0.5, 0.6) is 0 Å². The summed E-state index contributed by atoms with van der Waals surface area (Å²) in [7, 11) is 0. The van der Waals surface area contributed by atoms with E-state index in [0.29, 0.717) is 13.2 Å². The molecule has 0 N–H and O–H groups in total. The van der Waals surface area contributed by atoms with E-state index < -0.39 is 0 Å². The summed E-state index contributed by atoms with van der Waals surface area (Å²) in [6.45, 7) is 2.06. The van der Waals surface area contributed by atoms with Crippen molar-refractivity contribution in [3.63, 3.8) is 0 Å². The zero-order valence-electron chi connectivity index (χ0n) is 7.81. The molecule has 3 rings (SSSR count). The van der Waals surface area contributed by atoms with Crippen LogP contribution >= 0.6 is 0 Å². The predicted molar refractivity (Wildman–Crippen MR) is 49.8 cm³/mol. The molecule has 0 amide bonds. The summed E-state index contributed by atoms with van der Waals surface area (Å²) in [6, 6.07) is 9.98. The molecule has 0 aliphatic carbocycles. The van der Waals surface area contributed by atoms with E-state index in [1.807, 2.05) is 30.3 Å². The number of ether oxygens (including phenoxy) is 3. The number of epoxide rings is 1. The van der Waals surface area contributed by atoms with E-state index in [0.717, 1.165) is 12.2 Å². The van der Waals surface area contributed by atoms with Crippen LogP contribution in [-0.4, -0.2) is 25.4 Å². The van der Waals surface area contributed by atoms with Crippen molar-refractivity contribution in [1.82, 2.24) is 0 Å². The van der Waals surface area contributed by atoms with Crippen LogP contribution in [0, 0.1) is 0 Å². The first-order chi connectivity index (χ1) is 6.88. The third-order valence-corrected chi connectivity index (χ3v) is 2.62. The van der Waals surface area contributed by atoms with Crippen molar-refractivity contribution in [2.75, 3.05) is 19.8 Å². The van der Waals surface area contributed by atoms with Gasteiger partial charge >= 0.3 is 0 Å². The average Bonchev–Trinajstić information content (AvgIpc) is 3.01. The first kappa shape index (κ1) is 8.41. The normalized spacial score (nSPS) is 35.9. The molecule has 1 aromatic carbocycles. The molecular weight excluding hydrogens is 180 g/mol. The molecule has 3 nitrogen and oxygen atoms in total. The van der Waals surface area contributed by atoms with Gasteiger partial charge in [0.1, 0.15) is 5.60 Å². The van der Waals surface area contributed by atoms with E-state index in [-0.39, 0.29) is 11.9 Å². The highest BCUT2D eigenvalue weighted by Gasteiger charge is 2.49. The van der Waals surface area contributed by atoms with Crippen molar-refractivity contribution < 1.29 is 14.2 Å². The minimum atomic E-state index is -0.217. The van der Waals surface area contributed by atoms with Gasteiger partial charge in [0.2, 0.25) is 0 Å². The average molecular weight is 192 g/mol. The second-order valence-corrected chi connectivity index (χ2v) is 3.84. The van der Waals surface area contributed by atoms with Gasteiger partial charge in [0.25, 0.3) is 0 Å². The van der Waals surface area contributed by atoms with E-state index in [2.05, 4.69) is 0 Å². The van der Waals surface area contributed by atoms with E-state index in [1.54, 1.807) is 0 Å². The SMILES string of the molecule is c1ccc(C2OCC3(CO2)CO3)cc1. The summed E-state index contributed by atoms with van der Waals surface area (Å²) in [5.41, 5.74) is 0.966. The van der Waals surface area contributed by atoms with Gasteiger partial charge in [-0.2, -0.15) is 0 Å². The highest BCUT2D eigenvalue weighted by atomic mass is 16.7. The number of rotatable bonds is 1. The smallest absolute Gasteiger partial charge is 0.184 e. The number of benzene rings is 1. The molecule has 14 heavy (non-hydrogen) atoms. The molecule has 0 atom stereocenters. The quantitative estimate of drug-likeness (QED) is 0.632. The summed E-state index contributed by atoms with van der Waals surface area (Å²) in [5, 5.41) is 0. The molecule has 2 heterocycles. The molecule has 2 aliphatic heterocycles. The van der Waals surface area contributed by atoms with Gasteiger partial charge in [-0.1, -0.05) is 30.3 Å². The lowest BCUT2D eigenvalue weighted by molar-refractivity contribution is -0.209. The third-order valence-electron chi connectivity index (χ3n) is 2.62. The van der Waals surface area contributed by atoms with Crippen molar-refractivity contribution in [1.29, 1.82) is 0 Å².